The molecule has 0 aromatic heterocycles. The number of guanidine groups is 1. The molecular formula is C40H60N10O9. The first-order chi connectivity index (χ1) is 27.9. The monoisotopic (exact) mass is 824 g/mol. The van der Waals surface area contributed by atoms with Crippen LogP contribution in [0.5, 0.6) is 5.75 Å². The average Bonchev–Trinajstić information content (AvgIpc) is 3.68. The fraction of sp³-hybridized carbons (Fsp3) is 0.575. The SMILES string of the molecule is CC[C@@H](C)[C@H]1NC(=O)C(=O)[C@H](CCCN=C(N)N)NC(=O)[C@@H]2CCCN2C(=O)[C@@H](NC(=O)[C@H](C)NC(=O)CC(C)C)CNC(=O)/C=C\[C@H](Cc2ccc(O)cc2)NC1=O. The van der Waals surface area contributed by atoms with Crippen molar-refractivity contribution < 1.29 is 43.5 Å². The van der Waals surface area contributed by atoms with E-state index in [0.717, 1.165) is 6.08 Å². The van der Waals surface area contributed by atoms with Gasteiger partial charge in [0.15, 0.2) is 5.96 Å². The molecule has 0 saturated carbocycles. The van der Waals surface area contributed by atoms with Gasteiger partial charge in [0, 0.05) is 32.1 Å². The van der Waals surface area contributed by atoms with Crippen molar-refractivity contribution in [3.63, 3.8) is 0 Å². The molecule has 59 heavy (non-hydrogen) atoms. The van der Waals surface area contributed by atoms with Gasteiger partial charge in [0.05, 0.1) is 12.1 Å². The van der Waals surface area contributed by atoms with E-state index in [0.29, 0.717) is 18.4 Å². The largest absolute Gasteiger partial charge is 0.508 e. The van der Waals surface area contributed by atoms with Crippen molar-refractivity contribution in [2.45, 2.75) is 116 Å². The summed E-state index contributed by atoms with van der Waals surface area (Å²) >= 11 is 0. The van der Waals surface area contributed by atoms with Crippen LogP contribution in [0.1, 0.15) is 78.7 Å². The van der Waals surface area contributed by atoms with E-state index in [1.807, 2.05) is 13.8 Å². The van der Waals surface area contributed by atoms with Crippen LogP contribution in [0.3, 0.4) is 0 Å². The standard InChI is InChI=1S/C40H60N10O9/c1-6-23(4)33-37(57)46-26(20-25-11-14-27(51)15-12-25)13-16-31(52)44-21-29(48-35(55)24(5)45-32(53)19-22(2)3)39(59)50-18-8-10-30(50)36(56)47-28(34(54)38(58)49-33)9-7-17-43-40(41)42/h11-16,22-24,26,28-30,33,51H,6-10,17-21H2,1-5H3,(H,44,52)(H,45,53)(H,46,57)(H,47,56)(H,48,55)(H,49,58)(H4,41,42,43)/b16-13-/t23-,24+,26-,28+,29+,30+,33-/m1/s1. The molecule has 3 rings (SSSR count). The molecule has 1 saturated heterocycles. The maximum atomic E-state index is 14.2. The summed E-state index contributed by atoms with van der Waals surface area (Å²) in [6, 6.07) is -0.819. The number of aromatic hydroxyl groups is 1. The van der Waals surface area contributed by atoms with Gasteiger partial charge in [0.25, 0.3) is 5.91 Å². The number of aliphatic imine (C=N–C) groups is 1. The van der Waals surface area contributed by atoms with E-state index < -0.39 is 89.9 Å². The summed E-state index contributed by atoms with van der Waals surface area (Å²) in [7, 11) is 0. The van der Waals surface area contributed by atoms with Gasteiger partial charge >= 0.3 is 0 Å². The molecule has 324 valence electrons. The number of nitrogens with zero attached hydrogens (tertiary/aromatic N) is 2. The number of benzene rings is 1. The average molecular weight is 825 g/mol. The van der Waals surface area contributed by atoms with Crippen molar-refractivity contribution >= 4 is 53.1 Å². The van der Waals surface area contributed by atoms with E-state index in [-0.39, 0.29) is 68.7 Å². The quantitative estimate of drug-likeness (QED) is 0.0491. The topological polar surface area (TPSA) is 297 Å². The highest BCUT2D eigenvalue weighted by atomic mass is 16.3. The maximum Gasteiger partial charge on any atom is 0.290 e. The van der Waals surface area contributed by atoms with Gasteiger partial charge in [0.2, 0.25) is 41.2 Å². The van der Waals surface area contributed by atoms with Gasteiger partial charge in [-0.2, -0.15) is 0 Å². The van der Waals surface area contributed by atoms with E-state index in [1.54, 1.807) is 26.0 Å². The first-order valence-corrected chi connectivity index (χ1v) is 20.0. The molecule has 1 fully saturated rings. The predicted octanol–water partition coefficient (Wildman–Crippen LogP) is -1.23. The minimum Gasteiger partial charge on any atom is -0.508 e. The number of carbonyl (C=O) groups excluding carboxylic acids is 8. The lowest BCUT2D eigenvalue weighted by Crippen LogP contribution is -2.60. The van der Waals surface area contributed by atoms with Crippen molar-refractivity contribution in [2.24, 2.45) is 28.3 Å². The predicted molar refractivity (Wildman–Crippen MR) is 218 cm³/mol. The van der Waals surface area contributed by atoms with Gasteiger partial charge in [0.1, 0.15) is 29.9 Å². The van der Waals surface area contributed by atoms with E-state index in [2.05, 4.69) is 36.9 Å². The van der Waals surface area contributed by atoms with Crippen LogP contribution in [0.4, 0.5) is 0 Å². The summed E-state index contributed by atoms with van der Waals surface area (Å²) in [6.45, 7) is 8.43. The minimum absolute atomic E-state index is 0.0203. The second kappa shape index (κ2) is 22.8. The second-order valence-corrected chi connectivity index (χ2v) is 15.4. The zero-order chi connectivity index (χ0) is 43.8. The van der Waals surface area contributed by atoms with Crippen LogP contribution >= 0.6 is 0 Å². The Hall–Kier alpha value is -6.01. The van der Waals surface area contributed by atoms with Crippen LogP contribution in [0, 0.1) is 11.8 Å². The number of nitrogens with one attached hydrogen (secondary N) is 6. The molecule has 0 unspecified atom stereocenters. The van der Waals surface area contributed by atoms with Crippen LogP contribution in [-0.4, -0.2) is 119 Å². The maximum absolute atomic E-state index is 14.2. The minimum atomic E-state index is -1.40. The van der Waals surface area contributed by atoms with Crippen molar-refractivity contribution in [3.8, 4) is 5.75 Å². The van der Waals surface area contributed by atoms with Crippen LogP contribution in [0.2, 0.25) is 0 Å². The van der Waals surface area contributed by atoms with Crippen molar-refractivity contribution in [1.82, 2.24) is 36.8 Å². The van der Waals surface area contributed by atoms with E-state index in [4.69, 9.17) is 11.5 Å². The number of rotatable bonds is 13. The Labute approximate surface area is 344 Å². The summed E-state index contributed by atoms with van der Waals surface area (Å²) in [5.74, 6) is -6.63. The third-order valence-electron chi connectivity index (χ3n) is 10.1. The van der Waals surface area contributed by atoms with E-state index in [1.165, 1.54) is 30.0 Å². The third-order valence-corrected chi connectivity index (χ3v) is 10.1. The molecule has 19 heteroatoms. The molecule has 7 atom stereocenters. The summed E-state index contributed by atoms with van der Waals surface area (Å²) in [4.78, 5) is 114. The number of hydrogen-bond donors (Lipinski definition) is 9. The molecule has 1 aromatic carbocycles. The second-order valence-electron chi connectivity index (χ2n) is 15.4. The molecule has 0 radical (unpaired) electrons. The van der Waals surface area contributed by atoms with Crippen LogP contribution < -0.4 is 43.4 Å². The van der Waals surface area contributed by atoms with Gasteiger partial charge in [-0.3, -0.25) is 43.3 Å². The van der Waals surface area contributed by atoms with Gasteiger partial charge in [-0.05, 0) is 68.6 Å². The number of phenols is 1. The number of amides is 7. The molecule has 0 spiro atoms. The fourth-order valence-electron chi connectivity index (χ4n) is 6.64. The highest BCUT2D eigenvalue weighted by Gasteiger charge is 2.40. The Morgan fingerprint density at radius 1 is 0.983 bits per heavy atom. The van der Waals surface area contributed by atoms with E-state index >= 15 is 0 Å². The Kier molecular flexibility index (Phi) is 18.3. The Balaban J connectivity index is 2.05. The molecule has 11 N–H and O–H groups in total. The number of phenolic OH excluding ortho intramolecular Hbond substituents is 1. The van der Waals surface area contributed by atoms with Crippen molar-refractivity contribution in [3.05, 3.63) is 42.0 Å². The van der Waals surface area contributed by atoms with Gasteiger partial charge in [-0.1, -0.05) is 52.3 Å². The number of fused-ring (bicyclic) bond motifs is 1. The molecule has 2 aliphatic heterocycles. The lowest BCUT2D eigenvalue weighted by molar-refractivity contribution is -0.144. The van der Waals surface area contributed by atoms with Crippen LogP contribution in [-0.2, 0) is 44.8 Å². The summed E-state index contributed by atoms with van der Waals surface area (Å²) in [5.41, 5.74) is 11.6. The molecule has 7 amide bonds. The van der Waals surface area contributed by atoms with Crippen LogP contribution in [0.15, 0.2) is 41.4 Å². The summed E-state index contributed by atoms with van der Waals surface area (Å²) in [6.07, 6.45) is 3.99. The van der Waals surface area contributed by atoms with Gasteiger partial charge in [-0.15, -0.1) is 0 Å². The van der Waals surface area contributed by atoms with Crippen molar-refractivity contribution in [1.29, 1.82) is 0 Å². The molecule has 2 aliphatic rings. The Morgan fingerprint density at radius 2 is 1.68 bits per heavy atom. The number of Topliss-reactive ketones (excluding diaryl/α,β-unsaturated/α-hetero) is 1. The van der Waals surface area contributed by atoms with Gasteiger partial charge < -0.3 is 53.4 Å². The van der Waals surface area contributed by atoms with E-state index in [9.17, 15) is 43.5 Å². The third kappa shape index (κ3) is 15.0. The first-order valence-electron chi connectivity index (χ1n) is 20.0. The molecule has 0 aliphatic carbocycles. The highest BCUT2D eigenvalue weighted by molar-refractivity contribution is 6.38. The fourth-order valence-corrected chi connectivity index (χ4v) is 6.64. The Bertz CT molecular complexity index is 1750. The molecule has 1 aromatic rings. The van der Waals surface area contributed by atoms with Gasteiger partial charge in [-0.25, -0.2) is 0 Å². The molecule has 19 nitrogen and oxygen atoms in total. The smallest absolute Gasteiger partial charge is 0.290 e. The summed E-state index contributed by atoms with van der Waals surface area (Å²) < 4.78 is 0. The normalized spacial score (nSPS) is 23.8. The lowest BCUT2D eigenvalue weighted by atomic mass is 9.96. The van der Waals surface area contributed by atoms with Crippen LogP contribution in [0.25, 0.3) is 0 Å². The summed E-state index contributed by atoms with van der Waals surface area (Å²) in [5, 5.41) is 25.7. The van der Waals surface area contributed by atoms with Crippen molar-refractivity contribution in [2.75, 3.05) is 19.6 Å². The number of carbonyl (C=O) groups is 8. The molecule has 2 heterocycles. The first kappa shape index (κ1) is 47.4. The molecular weight excluding hydrogens is 765 g/mol. The number of nitrogens with two attached hydrogens (primary N) is 2. The lowest BCUT2D eigenvalue weighted by Gasteiger charge is -2.30. The zero-order valence-corrected chi connectivity index (χ0v) is 34.4. The molecule has 0 bridgehead atoms. The number of ketones is 1. The Morgan fingerprint density at radius 3 is 2.32 bits per heavy atom. The number of hydrogen-bond acceptors (Lipinski definition) is 10. The zero-order valence-electron chi connectivity index (χ0n) is 34.4. The highest BCUT2D eigenvalue weighted by Crippen LogP contribution is 2.20.